The van der Waals surface area contributed by atoms with Gasteiger partial charge in [0.1, 0.15) is 5.82 Å². The summed E-state index contributed by atoms with van der Waals surface area (Å²) in [5.41, 5.74) is 1.35. The summed E-state index contributed by atoms with van der Waals surface area (Å²) >= 11 is 0. The van der Waals surface area contributed by atoms with Gasteiger partial charge in [-0.2, -0.15) is 26.3 Å². The highest BCUT2D eigenvalue weighted by Crippen LogP contribution is 2.48. The van der Waals surface area contributed by atoms with Crippen molar-refractivity contribution in [2.75, 3.05) is 0 Å². The summed E-state index contributed by atoms with van der Waals surface area (Å²) in [6.45, 7) is 0. The summed E-state index contributed by atoms with van der Waals surface area (Å²) in [6, 6.07) is 0.232. The van der Waals surface area contributed by atoms with E-state index in [9.17, 15) is 40.6 Å². The molecular formula is C18H19F7N4O2. The Bertz CT molecular complexity index is 858. The molecule has 31 heavy (non-hydrogen) atoms. The van der Waals surface area contributed by atoms with E-state index < -0.39 is 66.6 Å². The van der Waals surface area contributed by atoms with E-state index >= 15 is 0 Å². The zero-order valence-electron chi connectivity index (χ0n) is 15.8. The fraction of sp³-hybridized carbons (Fsp3) is 0.611. The Morgan fingerprint density at radius 2 is 1.84 bits per heavy atom. The van der Waals surface area contributed by atoms with Crippen LogP contribution >= 0.6 is 0 Å². The second-order valence-corrected chi connectivity index (χ2v) is 8.03. The molecule has 13 heteroatoms. The summed E-state index contributed by atoms with van der Waals surface area (Å²) in [7, 11) is 0. The number of hydrazine groups is 1. The Morgan fingerprint density at radius 3 is 2.39 bits per heavy atom. The number of nitrogens with zero attached hydrogens (tertiary/aromatic N) is 1. The average Bonchev–Trinajstić information content (AvgIpc) is 3.36. The minimum Gasteiger partial charge on any atom is -0.361 e. The molecule has 0 spiro atoms. The van der Waals surface area contributed by atoms with Crippen LogP contribution in [0.4, 0.5) is 30.7 Å². The molecule has 0 aromatic heterocycles. The minimum atomic E-state index is -4.89. The third kappa shape index (κ3) is 4.49. The summed E-state index contributed by atoms with van der Waals surface area (Å²) in [5, 5.41) is 15.9. The molecule has 2 heterocycles. The van der Waals surface area contributed by atoms with Crippen molar-refractivity contribution in [1.82, 2.24) is 21.1 Å². The van der Waals surface area contributed by atoms with Gasteiger partial charge in [0.15, 0.2) is 6.35 Å². The zero-order valence-corrected chi connectivity index (χ0v) is 15.8. The molecule has 1 aromatic carbocycles. The molecule has 6 nitrogen and oxygen atoms in total. The molecule has 1 aromatic rings. The van der Waals surface area contributed by atoms with E-state index in [4.69, 9.17) is 0 Å². The van der Waals surface area contributed by atoms with Crippen LogP contribution in [-0.2, 0) is 11.0 Å². The zero-order chi connectivity index (χ0) is 22.7. The summed E-state index contributed by atoms with van der Waals surface area (Å²) in [5.74, 6) is -3.69. The maximum Gasteiger partial charge on any atom is 0.419 e. The maximum absolute atomic E-state index is 14.2. The van der Waals surface area contributed by atoms with Gasteiger partial charge in [-0.3, -0.25) is 10.1 Å². The molecule has 5 unspecified atom stereocenters. The lowest BCUT2D eigenvalue weighted by atomic mass is 9.92. The Morgan fingerprint density at radius 1 is 1.16 bits per heavy atom. The number of hydrogen-bond acceptors (Lipinski definition) is 5. The molecule has 2 saturated heterocycles. The fourth-order valence-corrected chi connectivity index (χ4v) is 4.38. The highest BCUT2D eigenvalue weighted by Gasteiger charge is 2.55. The largest absolute Gasteiger partial charge is 0.419 e. The second-order valence-electron chi connectivity index (χ2n) is 8.03. The molecule has 3 aliphatic rings. The van der Waals surface area contributed by atoms with Crippen molar-refractivity contribution in [1.29, 1.82) is 0 Å². The standard InChI is InChI=1S/C18H19F7N4O2/c19-10-5-8(3-4-9(10)18(23,24)25)13(7-1-2-7)29-14-12(15(30)27-16(31)26-14)11(28-29)6-17(20,21)22/h3-5,7,11-14,16,26,28,31H,1-2,6H2,(H,27,30). The number of halogens is 7. The van der Waals surface area contributed by atoms with E-state index in [1.165, 1.54) is 5.01 Å². The first-order valence-electron chi connectivity index (χ1n) is 9.57. The number of carbonyl (C=O) groups excluding carboxylic acids is 1. The lowest BCUT2D eigenvalue weighted by molar-refractivity contribution is -0.147. The van der Waals surface area contributed by atoms with Gasteiger partial charge in [-0.25, -0.2) is 14.8 Å². The minimum absolute atomic E-state index is 0.134. The van der Waals surface area contributed by atoms with Gasteiger partial charge in [0, 0.05) is 6.04 Å². The van der Waals surface area contributed by atoms with Gasteiger partial charge in [-0.1, -0.05) is 6.07 Å². The van der Waals surface area contributed by atoms with Crippen LogP contribution in [-0.4, -0.2) is 40.8 Å². The molecule has 0 bridgehead atoms. The van der Waals surface area contributed by atoms with Crippen molar-refractivity contribution in [3.05, 3.63) is 35.1 Å². The number of hydrogen-bond donors (Lipinski definition) is 4. The predicted octanol–water partition coefficient (Wildman–Crippen LogP) is 2.37. The van der Waals surface area contributed by atoms with Gasteiger partial charge in [-0.15, -0.1) is 0 Å². The third-order valence-electron chi connectivity index (χ3n) is 5.76. The number of alkyl halides is 6. The fourth-order valence-electron chi connectivity index (χ4n) is 4.38. The lowest BCUT2D eigenvalue weighted by Gasteiger charge is -2.38. The van der Waals surface area contributed by atoms with E-state index in [2.05, 4.69) is 16.1 Å². The number of rotatable bonds is 4. The van der Waals surface area contributed by atoms with Crippen LogP contribution in [0.15, 0.2) is 18.2 Å². The Balaban J connectivity index is 1.69. The van der Waals surface area contributed by atoms with Crippen LogP contribution in [0.5, 0.6) is 0 Å². The van der Waals surface area contributed by atoms with Gasteiger partial charge in [-0.05, 0) is 36.5 Å². The first-order chi connectivity index (χ1) is 14.3. The highest BCUT2D eigenvalue weighted by molar-refractivity contribution is 5.81. The smallest absolute Gasteiger partial charge is 0.361 e. The van der Waals surface area contributed by atoms with Gasteiger partial charge in [0.05, 0.1) is 30.1 Å². The van der Waals surface area contributed by atoms with Gasteiger partial charge in [0.2, 0.25) is 5.91 Å². The topological polar surface area (TPSA) is 76.6 Å². The average molecular weight is 456 g/mol. The molecule has 3 fully saturated rings. The quantitative estimate of drug-likeness (QED) is 0.524. The van der Waals surface area contributed by atoms with Crippen LogP contribution in [0.3, 0.4) is 0 Å². The van der Waals surface area contributed by atoms with Crippen molar-refractivity contribution in [2.45, 2.75) is 56.2 Å². The second kappa shape index (κ2) is 7.57. The van der Waals surface area contributed by atoms with Crippen LogP contribution in [0.2, 0.25) is 0 Å². The van der Waals surface area contributed by atoms with Crippen molar-refractivity contribution in [2.24, 2.45) is 11.8 Å². The number of aliphatic hydroxyl groups excluding tert-OH is 1. The van der Waals surface area contributed by atoms with E-state index in [1.807, 2.05) is 0 Å². The number of nitrogens with one attached hydrogen (secondary N) is 3. The molecule has 1 amide bonds. The Hall–Kier alpha value is -1.96. The monoisotopic (exact) mass is 456 g/mol. The number of fused-ring (bicyclic) bond motifs is 1. The van der Waals surface area contributed by atoms with Gasteiger partial charge < -0.3 is 10.4 Å². The molecule has 1 saturated carbocycles. The van der Waals surface area contributed by atoms with Crippen molar-refractivity contribution >= 4 is 5.91 Å². The normalized spacial score (nSPS) is 30.8. The molecule has 5 atom stereocenters. The molecule has 0 radical (unpaired) electrons. The van der Waals surface area contributed by atoms with E-state index in [1.54, 1.807) is 0 Å². The SMILES string of the molecule is O=C1NC(O)NC2C1C(CC(F)(F)F)NN2C(c1ccc(C(F)(F)F)c(F)c1)C1CC1. The number of carbonyl (C=O) groups is 1. The molecule has 1 aliphatic carbocycles. The summed E-state index contributed by atoms with van der Waals surface area (Å²) < 4.78 is 92.2. The first kappa shape index (κ1) is 22.2. The van der Waals surface area contributed by atoms with Crippen molar-refractivity contribution in [3.8, 4) is 0 Å². The lowest BCUT2D eigenvalue weighted by Crippen LogP contribution is -2.64. The van der Waals surface area contributed by atoms with Gasteiger partial charge >= 0.3 is 12.4 Å². The van der Waals surface area contributed by atoms with Crippen molar-refractivity contribution < 1.29 is 40.6 Å². The number of aliphatic hydroxyl groups is 1. The number of amides is 1. The van der Waals surface area contributed by atoms with E-state index in [-0.39, 0.29) is 11.5 Å². The Kier molecular flexibility index (Phi) is 5.43. The van der Waals surface area contributed by atoms with Crippen LogP contribution in [0, 0.1) is 17.7 Å². The molecule has 4 rings (SSSR count). The van der Waals surface area contributed by atoms with Crippen LogP contribution in [0.1, 0.15) is 36.4 Å². The first-order valence-corrected chi connectivity index (χ1v) is 9.57. The molecule has 4 N–H and O–H groups in total. The van der Waals surface area contributed by atoms with Gasteiger partial charge in [0.25, 0.3) is 0 Å². The van der Waals surface area contributed by atoms with Crippen LogP contribution < -0.4 is 16.1 Å². The van der Waals surface area contributed by atoms with Crippen LogP contribution in [0.25, 0.3) is 0 Å². The van der Waals surface area contributed by atoms with Crippen molar-refractivity contribution in [3.63, 3.8) is 0 Å². The summed E-state index contributed by atoms with van der Waals surface area (Å²) in [4.78, 5) is 12.4. The maximum atomic E-state index is 14.2. The van der Waals surface area contributed by atoms with E-state index in [0.29, 0.717) is 18.9 Å². The molecule has 2 aliphatic heterocycles. The molecule has 172 valence electrons. The third-order valence-corrected chi connectivity index (χ3v) is 5.76. The molecular weight excluding hydrogens is 437 g/mol. The number of benzene rings is 1. The Labute approximate surface area is 171 Å². The summed E-state index contributed by atoms with van der Waals surface area (Å²) in [6.07, 6.45) is -12.2. The van der Waals surface area contributed by atoms with E-state index in [0.717, 1.165) is 12.1 Å². The predicted molar refractivity (Wildman–Crippen MR) is 90.9 cm³/mol. The highest BCUT2D eigenvalue weighted by atomic mass is 19.4.